The fourth-order valence-corrected chi connectivity index (χ4v) is 1.60. The van der Waals surface area contributed by atoms with E-state index in [1.54, 1.807) is 0 Å². The Morgan fingerprint density at radius 2 is 1.48 bits per heavy atom. The van der Waals surface area contributed by atoms with Crippen LogP contribution in [0.5, 0.6) is 0 Å². The van der Waals surface area contributed by atoms with Gasteiger partial charge in [0.05, 0.1) is 5.69 Å². The minimum Gasteiger partial charge on any atom is -0.326 e. The van der Waals surface area contributed by atoms with E-state index in [9.17, 15) is 26.3 Å². The maximum absolute atomic E-state index is 12.7. The number of pyridine rings is 1. The van der Waals surface area contributed by atoms with E-state index < -0.39 is 23.9 Å². The van der Waals surface area contributed by atoms with Crippen molar-refractivity contribution in [1.29, 1.82) is 0 Å². The minimum atomic E-state index is -4.73. The average Bonchev–Trinajstić information content (AvgIpc) is 2.45. The van der Waals surface area contributed by atoms with Crippen molar-refractivity contribution in [1.82, 2.24) is 15.0 Å². The molecule has 0 saturated carbocycles. The molecule has 0 amide bonds. The van der Waals surface area contributed by atoms with E-state index in [2.05, 4.69) is 15.0 Å². The van der Waals surface area contributed by atoms with E-state index in [1.807, 2.05) is 0 Å². The highest BCUT2D eigenvalue weighted by Crippen LogP contribution is 2.31. The van der Waals surface area contributed by atoms with E-state index >= 15 is 0 Å². The van der Waals surface area contributed by atoms with Crippen molar-refractivity contribution in [2.75, 3.05) is 0 Å². The smallest absolute Gasteiger partial charge is 0.326 e. The Hall–Kier alpha value is -1.94. The third kappa shape index (κ3) is 4.52. The molecule has 2 aromatic heterocycles. The third-order valence-electron chi connectivity index (χ3n) is 2.61. The largest absolute Gasteiger partial charge is 0.451 e. The molecule has 23 heavy (non-hydrogen) atoms. The number of aromatic nitrogens is 3. The molecule has 0 aliphatic heterocycles. The van der Waals surface area contributed by atoms with Gasteiger partial charge in [-0.25, -0.2) is 15.0 Å². The van der Waals surface area contributed by atoms with E-state index in [0.717, 1.165) is 18.5 Å². The van der Waals surface area contributed by atoms with Gasteiger partial charge < -0.3 is 5.73 Å². The molecular formula is C12H9ClF6N4. The first-order valence-corrected chi connectivity index (χ1v) is 5.79. The van der Waals surface area contributed by atoms with Gasteiger partial charge in [-0.1, -0.05) is 0 Å². The summed E-state index contributed by atoms with van der Waals surface area (Å²) in [6.45, 7) is -0.180. The number of halogens is 7. The van der Waals surface area contributed by atoms with Crippen LogP contribution in [-0.4, -0.2) is 15.0 Å². The molecule has 0 aliphatic rings. The molecule has 2 rings (SSSR count). The summed E-state index contributed by atoms with van der Waals surface area (Å²) in [7, 11) is 0. The quantitative estimate of drug-likeness (QED) is 0.835. The molecule has 0 radical (unpaired) electrons. The Morgan fingerprint density at radius 1 is 0.913 bits per heavy atom. The predicted octanol–water partition coefficient (Wildman–Crippen LogP) is 3.46. The van der Waals surface area contributed by atoms with Crippen LogP contribution in [0.1, 0.15) is 17.1 Å². The number of hydrogen-bond acceptors (Lipinski definition) is 4. The number of alkyl halides is 6. The summed E-state index contributed by atoms with van der Waals surface area (Å²) in [6.07, 6.45) is -7.91. The average molecular weight is 359 g/mol. The Labute approximate surface area is 132 Å². The molecule has 0 fully saturated rings. The normalized spacial score (nSPS) is 12.0. The molecule has 2 N–H and O–H groups in total. The molecule has 0 bridgehead atoms. The molecule has 0 saturated heterocycles. The van der Waals surface area contributed by atoms with Crippen LogP contribution >= 0.6 is 12.4 Å². The standard InChI is InChI=1S/C12H8F6N4.ClH/c13-11(14,15)9-2-6(3-19)1-8(22-9)7-4-20-10(21-5-7)12(16,17)18;/h1-2,4-5H,3,19H2;1H. The summed E-state index contributed by atoms with van der Waals surface area (Å²) < 4.78 is 75.3. The highest BCUT2D eigenvalue weighted by atomic mass is 35.5. The van der Waals surface area contributed by atoms with Gasteiger partial charge in [-0.2, -0.15) is 26.3 Å². The summed E-state index contributed by atoms with van der Waals surface area (Å²) in [6, 6.07) is 2.01. The second-order valence-corrected chi connectivity index (χ2v) is 4.24. The maximum atomic E-state index is 12.7. The van der Waals surface area contributed by atoms with Crippen LogP contribution in [0.4, 0.5) is 26.3 Å². The van der Waals surface area contributed by atoms with Crippen LogP contribution in [0, 0.1) is 0 Å². The summed E-state index contributed by atoms with van der Waals surface area (Å²) in [4.78, 5) is 9.54. The Balaban J connectivity index is 0.00000264. The SMILES string of the molecule is Cl.NCc1cc(-c2cnc(C(F)(F)F)nc2)nc(C(F)(F)F)c1. The molecule has 2 heterocycles. The van der Waals surface area contributed by atoms with Crippen molar-refractivity contribution in [2.24, 2.45) is 5.73 Å². The Morgan fingerprint density at radius 3 is 1.91 bits per heavy atom. The monoisotopic (exact) mass is 358 g/mol. The Kier molecular flexibility index (Phi) is 5.54. The fourth-order valence-electron chi connectivity index (χ4n) is 1.60. The number of nitrogens with zero attached hydrogens (tertiary/aromatic N) is 3. The highest BCUT2D eigenvalue weighted by Gasteiger charge is 2.35. The third-order valence-corrected chi connectivity index (χ3v) is 2.61. The van der Waals surface area contributed by atoms with Gasteiger partial charge in [0.25, 0.3) is 0 Å². The molecule has 0 spiro atoms. The predicted molar refractivity (Wildman–Crippen MR) is 70.4 cm³/mol. The zero-order chi connectivity index (χ0) is 16.5. The van der Waals surface area contributed by atoms with Crippen molar-refractivity contribution in [3.8, 4) is 11.3 Å². The van der Waals surface area contributed by atoms with E-state index in [0.29, 0.717) is 0 Å². The molecule has 4 nitrogen and oxygen atoms in total. The molecular weight excluding hydrogens is 350 g/mol. The number of hydrogen-bond donors (Lipinski definition) is 1. The number of nitrogens with two attached hydrogens (primary N) is 1. The second kappa shape index (κ2) is 6.67. The van der Waals surface area contributed by atoms with E-state index in [-0.39, 0.29) is 35.8 Å². The molecule has 0 aromatic carbocycles. The Bertz CT molecular complexity index is 669. The summed E-state index contributed by atoms with van der Waals surface area (Å²) in [5.41, 5.74) is 3.98. The van der Waals surface area contributed by atoms with Gasteiger partial charge in [0, 0.05) is 24.5 Å². The number of rotatable bonds is 2. The minimum absolute atomic E-state index is 0. The van der Waals surface area contributed by atoms with Crippen molar-refractivity contribution < 1.29 is 26.3 Å². The van der Waals surface area contributed by atoms with Gasteiger partial charge in [0.1, 0.15) is 5.69 Å². The topological polar surface area (TPSA) is 64.7 Å². The second-order valence-electron chi connectivity index (χ2n) is 4.24. The van der Waals surface area contributed by atoms with Crippen LogP contribution in [0.3, 0.4) is 0 Å². The van der Waals surface area contributed by atoms with Gasteiger partial charge in [-0.3, -0.25) is 0 Å². The molecule has 0 aliphatic carbocycles. The first-order valence-electron chi connectivity index (χ1n) is 5.79. The van der Waals surface area contributed by atoms with Gasteiger partial charge >= 0.3 is 12.4 Å². The zero-order valence-corrected chi connectivity index (χ0v) is 11.9. The fraction of sp³-hybridized carbons (Fsp3) is 0.250. The van der Waals surface area contributed by atoms with Crippen LogP contribution in [0.2, 0.25) is 0 Å². The van der Waals surface area contributed by atoms with Crippen molar-refractivity contribution in [2.45, 2.75) is 18.9 Å². The van der Waals surface area contributed by atoms with Crippen LogP contribution in [0.15, 0.2) is 24.5 Å². The first-order chi connectivity index (χ1) is 10.1. The van der Waals surface area contributed by atoms with Gasteiger partial charge in [0.15, 0.2) is 0 Å². The van der Waals surface area contributed by atoms with Crippen molar-refractivity contribution in [3.63, 3.8) is 0 Å². The zero-order valence-electron chi connectivity index (χ0n) is 11.1. The molecule has 0 atom stereocenters. The molecule has 11 heteroatoms. The highest BCUT2D eigenvalue weighted by molar-refractivity contribution is 5.85. The van der Waals surface area contributed by atoms with Crippen LogP contribution in [0.25, 0.3) is 11.3 Å². The van der Waals surface area contributed by atoms with E-state index in [4.69, 9.17) is 5.73 Å². The van der Waals surface area contributed by atoms with Gasteiger partial charge in [-0.05, 0) is 17.7 Å². The lowest BCUT2D eigenvalue weighted by molar-refractivity contribution is -0.145. The summed E-state index contributed by atoms with van der Waals surface area (Å²) in [5.74, 6) is -1.39. The summed E-state index contributed by atoms with van der Waals surface area (Å²) in [5, 5.41) is 0. The summed E-state index contributed by atoms with van der Waals surface area (Å²) >= 11 is 0. The lowest BCUT2D eigenvalue weighted by Crippen LogP contribution is -2.12. The van der Waals surface area contributed by atoms with Gasteiger partial charge in [-0.15, -0.1) is 12.4 Å². The molecule has 2 aromatic rings. The van der Waals surface area contributed by atoms with Gasteiger partial charge in [0.2, 0.25) is 5.82 Å². The van der Waals surface area contributed by atoms with Crippen molar-refractivity contribution >= 4 is 12.4 Å². The lowest BCUT2D eigenvalue weighted by Gasteiger charge is -2.11. The molecule has 126 valence electrons. The first kappa shape index (κ1) is 19.1. The van der Waals surface area contributed by atoms with E-state index in [1.165, 1.54) is 6.07 Å². The maximum Gasteiger partial charge on any atom is 0.451 e. The van der Waals surface area contributed by atoms with Crippen LogP contribution < -0.4 is 5.73 Å². The van der Waals surface area contributed by atoms with Crippen molar-refractivity contribution in [3.05, 3.63) is 41.6 Å². The van der Waals surface area contributed by atoms with Crippen LogP contribution in [-0.2, 0) is 18.9 Å². The lowest BCUT2D eigenvalue weighted by atomic mass is 10.1. The molecule has 0 unspecified atom stereocenters.